The minimum atomic E-state index is 0.891. The highest BCUT2D eigenvalue weighted by Crippen LogP contribution is 2.31. The van der Waals surface area contributed by atoms with E-state index >= 15 is 0 Å². The third-order valence-electron chi connectivity index (χ3n) is 3.12. The largest absolute Gasteiger partial charge is 0.321 e. The number of hydrogen-bond acceptors (Lipinski definition) is 4. The van der Waals surface area contributed by atoms with Crippen LogP contribution in [0, 0.1) is 6.92 Å². The Kier molecular flexibility index (Phi) is 4.56. The summed E-state index contributed by atoms with van der Waals surface area (Å²) in [5.41, 5.74) is 3.66. The number of aromatic nitrogens is 1. The van der Waals surface area contributed by atoms with Gasteiger partial charge in [-0.05, 0) is 38.1 Å². The Morgan fingerprint density at radius 3 is 2.79 bits per heavy atom. The van der Waals surface area contributed by atoms with Crippen LogP contribution in [0.5, 0.6) is 0 Å². The van der Waals surface area contributed by atoms with Crippen molar-refractivity contribution < 1.29 is 0 Å². The molecule has 0 fully saturated rings. The standard InChI is InChI=1S/C15H21N3S/c1-5-13-14(10-16-3)19-15(17-13)18(4)12-8-6-7-11(2)9-12/h6-9,16H,5,10H2,1-4H3. The van der Waals surface area contributed by atoms with E-state index in [4.69, 9.17) is 4.98 Å². The molecule has 102 valence electrons. The fourth-order valence-electron chi connectivity index (χ4n) is 2.04. The van der Waals surface area contributed by atoms with E-state index in [9.17, 15) is 0 Å². The molecule has 2 rings (SSSR count). The van der Waals surface area contributed by atoms with Crippen LogP contribution in [-0.4, -0.2) is 19.1 Å². The summed E-state index contributed by atoms with van der Waals surface area (Å²) in [6.45, 7) is 5.16. The van der Waals surface area contributed by atoms with Crippen LogP contribution in [0.2, 0.25) is 0 Å². The second-order valence-electron chi connectivity index (χ2n) is 4.65. The molecule has 0 aliphatic carbocycles. The van der Waals surface area contributed by atoms with Crippen molar-refractivity contribution in [2.75, 3.05) is 19.0 Å². The summed E-state index contributed by atoms with van der Waals surface area (Å²) in [5.74, 6) is 0. The topological polar surface area (TPSA) is 28.2 Å². The van der Waals surface area contributed by atoms with Crippen molar-refractivity contribution in [2.45, 2.75) is 26.8 Å². The molecule has 0 spiro atoms. The number of hydrogen-bond donors (Lipinski definition) is 1. The Labute approximate surface area is 119 Å². The maximum atomic E-state index is 4.76. The second-order valence-corrected chi connectivity index (χ2v) is 5.71. The lowest BCUT2D eigenvalue weighted by Gasteiger charge is -2.16. The maximum absolute atomic E-state index is 4.76. The molecule has 1 heterocycles. The van der Waals surface area contributed by atoms with Gasteiger partial charge in [-0.15, -0.1) is 0 Å². The van der Waals surface area contributed by atoms with Gasteiger partial charge in [0, 0.05) is 24.2 Å². The van der Waals surface area contributed by atoms with Crippen molar-refractivity contribution >= 4 is 22.2 Å². The number of thiazole rings is 1. The van der Waals surface area contributed by atoms with E-state index in [1.54, 1.807) is 11.3 Å². The van der Waals surface area contributed by atoms with Crippen LogP contribution >= 0.6 is 11.3 Å². The highest BCUT2D eigenvalue weighted by Gasteiger charge is 2.13. The van der Waals surface area contributed by atoms with E-state index in [0.717, 1.165) is 18.1 Å². The van der Waals surface area contributed by atoms with Gasteiger partial charge >= 0.3 is 0 Å². The van der Waals surface area contributed by atoms with Crippen LogP contribution in [0.1, 0.15) is 23.1 Å². The molecule has 0 amide bonds. The molecule has 1 aromatic carbocycles. The molecule has 3 nitrogen and oxygen atoms in total. The average molecular weight is 275 g/mol. The molecule has 4 heteroatoms. The minimum absolute atomic E-state index is 0.891. The number of anilines is 2. The van der Waals surface area contributed by atoms with Gasteiger partial charge in [0.15, 0.2) is 5.13 Å². The number of nitrogens with zero attached hydrogens (tertiary/aromatic N) is 2. The van der Waals surface area contributed by atoms with Crippen LogP contribution in [-0.2, 0) is 13.0 Å². The fraction of sp³-hybridized carbons (Fsp3) is 0.400. The predicted octanol–water partition coefficient (Wildman–Crippen LogP) is 3.50. The molecule has 0 atom stereocenters. The van der Waals surface area contributed by atoms with Gasteiger partial charge in [-0.2, -0.15) is 0 Å². The fourth-order valence-corrected chi connectivity index (χ4v) is 3.18. The molecule has 0 saturated carbocycles. The first-order valence-electron chi connectivity index (χ1n) is 6.59. The summed E-state index contributed by atoms with van der Waals surface area (Å²) < 4.78 is 0. The monoisotopic (exact) mass is 275 g/mol. The first-order valence-corrected chi connectivity index (χ1v) is 7.41. The lowest BCUT2D eigenvalue weighted by atomic mass is 10.2. The molecular formula is C15H21N3S. The summed E-state index contributed by atoms with van der Waals surface area (Å²) in [6, 6.07) is 8.51. The lowest BCUT2D eigenvalue weighted by Crippen LogP contribution is -2.09. The number of benzene rings is 1. The number of nitrogens with one attached hydrogen (secondary N) is 1. The summed E-state index contributed by atoms with van der Waals surface area (Å²) >= 11 is 1.77. The molecule has 0 aliphatic rings. The van der Waals surface area contributed by atoms with E-state index < -0.39 is 0 Å². The van der Waals surface area contributed by atoms with Gasteiger partial charge in [0.2, 0.25) is 0 Å². The first-order chi connectivity index (χ1) is 9.15. The van der Waals surface area contributed by atoms with E-state index in [2.05, 4.69) is 55.4 Å². The summed E-state index contributed by atoms with van der Waals surface area (Å²) in [5, 5.41) is 4.27. The van der Waals surface area contributed by atoms with E-state index in [1.165, 1.54) is 21.8 Å². The number of rotatable bonds is 5. The van der Waals surface area contributed by atoms with Gasteiger partial charge in [-0.3, -0.25) is 0 Å². The molecule has 0 aliphatic heterocycles. The molecule has 0 saturated heterocycles. The second kappa shape index (κ2) is 6.17. The van der Waals surface area contributed by atoms with E-state index in [-0.39, 0.29) is 0 Å². The van der Waals surface area contributed by atoms with Crippen molar-refractivity contribution in [1.29, 1.82) is 0 Å². The third-order valence-corrected chi connectivity index (χ3v) is 4.29. The zero-order valence-electron chi connectivity index (χ0n) is 12.0. The molecule has 19 heavy (non-hydrogen) atoms. The molecular weight excluding hydrogens is 254 g/mol. The molecule has 2 aromatic rings. The molecule has 0 unspecified atom stereocenters. The molecule has 1 aromatic heterocycles. The minimum Gasteiger partial charge on any atom is -0.321 e. The SMILES string of the molecule is CCc1nc(N(C)c2cccc(C)c2)sc1CNC. The average Bonchev–Trinajstić information content (AvgIpc) is 2.81. The van der Waals surface area contributed by atoms with Gasteiger partial charge in [0.25, 0.3) is 0 Å². The van der Waals surface area contributed by atoms with Crippen molar-refractivity contribution in [1.82, 2.24) is 10.3 Å². The quantitative estimate of drug-likeness (QED) is 0.905. The van der Waals surface area contributed by atoms with Gasteiger partial charge in [0.1, 0.15) is 0 Å². The molecule has 0 bridgehead atoms. The smallest absolute Gasteiger partial charge is 0.190 e. The Bertz CT molecular complexity index is 548. The predicted molar refractivity (Wildman–Crippen MR) is 83.5 cm³/mol. The maximum Gasteiger partial charge on any atom is 0.190 e. The van der Waals surface area contributed by atoms with Gasteiger partial charge in [-0.25, -0.2) is 4.98 Å². The Balaban J connectivity index is 2.30. The summed E-state index contributed by atoms with van der Waals surface area (Å²) in [4.78, 5) is 8.25. The summed E-state index contributed by atoms with van der Waals surface area (Å²) in [6.07, 6.45) is 0.981. The van der Waals surface area contributed by atoms with Crippen LogP contribution in [0.25, 0.3) is 0 Å². The lowest BCUT2D eigenvalue weighted by molar-refractivity contribution is 0.814. The van der Waals surface area contributed by atoms with Crippen LogP contribution in [0.3, 0.4) is 0 Å². The van der Waals surface area contributed by atoms with E-state index in [0.29, 0.717) is 0 Å². The van der Waals surface area contributed by atoms with Crippen LogP contribution in [0.4, 0.5) is 10.8 Å². The van der Waals surface area contributed by atoms with Crippen molar-refractivity contribution in [3.05, 3.63) is 40.4 Å². The molecule has 0 radical (unpaired) electrons. The number of aryl methyl sites for hydroxylation is 2. The van der Waals surface area contributed by atoms with Gasteiger partial charge < -0.3 is 10.2 Å². The zero-order chi connectivity index (χ0) is 13.8. The molecule has 1 N–H and O–H groups in total. The Hall–Kier alpha value is -1.39. The third kappa shape index (κ3) is 3.14. The van der Waals surface area contributed by atoms with E-state index in [1.807, 2.05) is 7.05 Å². The Morgan fingerprint density at radius 2 is 2.16 bits per heavy atom. The van der Waals surface area contributed by atoms with Crippen LogP contribution in [0.15, 0.2) is 24.3 Å². The highest BCUT2D eigenvalue weighted by molar-refractivity contribution is 7.15. The first kappa shape index (κ1) is 14.0. The van der Waals surface area contributed by atoms with Crippen molar-refractivity contribution in [3.63, 3.8) is 0 Å². The zero-order valence-corrected chi connectivity index (χ0v) is 12.8. The van der Waals surface area contributed by atoms with Gasteiger partial charge in [0.05, 0.1) is 5.69 Å². The van der Waals surface area contributed by atoms with Gasteiger partial charge in [-0.1, -0.05) is 30.4 Å². The van der Waals surface area contributed by atoms with Crippen molar-refractivity contribution in [2.24, 2.45) is 0 Å². The van der Waals surface area contributed by atoms with Crippen molar-refractivity contribution in [3.8, 4) is 0 Å². The highest BCUT2D eigenvalue weighted by atomic mass is 32.1. The normalized spacial score (nSPS) is 10.7. The Morgan fingerprint density at radius 1 is 1.37 bits per heavy atom. The summed E-state index contributed by atoms with van der Waals surface area (Å²) in [7, 11) is 4.05. The van der Waals surface area contributed by atoms with Crippen LogP contribution < -0.4 is 10.2 Å².